The molecule has 26 heavy (non-hydrogen) atoms. The Morgan fingerprint density at radius 2 is 1.92 bits per heavy atom. The van der Waals surface area contributed by atoms with Gasteiger partial charge in [0.2, 0.25) is 16.9 Å². The van der Waals surface area contributed by atoms with Crippen LogP contribution in [0.3, 0.4) is 0 Å². The highest BCUT2D eigenvalue weighted by Crippen LogP contribution is 2.33. The van der Waals surface area contributed by atoms with Crippen molar-refractivity contribution in [2.75, 3.05) is 0 Å². The fourth-order valence-corrected chi connectivity index (χ4v) is 3.48. The number of aryl methyl sites for hydroxylation is 3. The maximum atomic E-state index is 5.85. The summed E-state index contributed by atoms with van der Waals surface area (Å²) in [5.74, 6) is 1.67. The Hall–Kier alpha value is -2.74. The van der Waals surface area contributed by atoms with Crippen LogP contribution in [0, 0.1) is 20.8 Å². The number of aromatic nitrogens is 6. The van der Waals surface area contributed by atoms with Gasteiger partial charge in [-0.2, -0.15) is 4.98 Å². The molecule has 0 aliphatic heterocycles. The van der Waals surface area contributed by atoms with Crippen molar-refractivity contribution >= 4 is 17.5 Å². The molecular weight excluding hydrogens is 348 g/mol. The molecule has 3 heterocycles. The highest BCUT2D eigenvalue weighted by atomic mass is 32.2. The van der Waals surface area contributed by atoms with Gasteiger partial charge in [0.25, 0.3) is 5.78 Å². The van der Waals surface area contributed by atoms with E-state index in [1.807, 2.05) is 58.0 Å². The summed E-state index contributed by atoms with van der Waals surface area (Å²) in [6.07, 6.45) is 0. The van der Waals surface area contributed by atoms with Gasteiger partial charge in [-0.15, -0.1) is 15.3 Å². The zero-order valence-corrected chi connectivity index (χ0v) is 15.8. The first-order chi connectivity index (χ1) is 12.5. The molecule has 1 atom stereocenters. The minimum Gasteiger partial charge on any atom is -0.419 e. The van der Waals surface area contributed by atoms with Gasteiger partial charge in [0.1, 0.15) is 0 Å². The zero-order valence-electron chi connectivity index (χ0n) is 15.0. The Morgan fingerprint density at radius 1 is 1.08 bits per heavy atom. The Kier molecular flexibility index (Phi) is 4.20. The molecule has 0 bridgehead atoms. The van der Waals surface area contributed by atoms with Gasteiger partial charge in [-0.25, -0.2) is 9.50 Å². The monoisotopic (exact) mass is 366 g/mol. The van der Waals surface area contributed by atoms with Crippen LogP contribution in [0.1, 0.15) is 35.0 Å². The van der Waals surface area contributed by atoms with Crippen LogP contribution < -0.4 is 0 Å². The van der Waals surface area contributed by atoms with Crippen molar-refractivity contribution in [3.8, 4) is 11.5 Å². The number of rotatable bonds is 4. The molecule has 7 nitrogen and oxygen atoms in total. The SMILES string of the molecule is Cc1cccc(-c2nnc([C@@H](C)Sc3nc4nc(C)cc(C)n4n3)o2)c1. The quantitative estimate of drug-likeness (QED) is 0.506. The Bertz CT molecular complexity index is 1090. The van der Waals surface area contributed by atoms with E-state index < -0.39 is 0 Å². The molecule has 0 spiro atoms. The van der Waals surface area contributed by atoms with Crippen LogP contribution in [-0.2, 0) is 0 Å². The molecule has 0 aliphatic rings. The average molecular weight is 366 g/mol. The van der Waals surface area contributed by atoms with Crippen LogP contribution in [-0.4, -0.2) is 29.8 Å². The van der Waals surface area contributed by atoms with Crippen LogP contribution in [0.4, 0.5) is 0 Å². The molecule has 1 aromatic carbocycles. The van der Waals surface area contributed by atoms with Crippen molar-refractivity contribution in [1.82, 2.24) is 29.8 Å². The summed E-state index contributed by atoms with van der Waals surface area (Å²) in [5, 5.41) is 13.4. The fraction of sp³-hybridized carbons (Fsp3) is 0.278. The largest absolute Gasteiger partial charge is 0.419 e. The number of fused-ring (bicyclic) bond motifs is 1. The molecule has 0 aliphatic carbocycles. The number of hydrogen-bond donors (Lipinski definition) is 0. The lowest BCUT2D eigenvalue weighted by Gasteiger charge is -2.02. The molecule has 0 fully saturated rings. The van der Waals surface area contributed by atoms with Crippen LogP contribution >= 0.6 is 11.8 Å². The second kappa shape index (κ2) is 6.53. The lowest BCUT2D eigenvalue weighted by molar-refractivity contribution is 0.509. The van der Waals surface area contributed by atoms with E-state index in [0.717, 1.165) is 22.5 Å². The normalized spacial score (nSPS) is 12.6. The van der Waals surface area contributed by atoms with Gasteiger partial charge in [-0.3, -0.25) is 0 Å². The van der Waals surface area contributed by atoms with Gasteiger partial charge in [-0.05, 0) is 45.9 Å². The van der Waals surface area contributed by atoms with Crippen molar-refractivity contribution < 1.29 is 4.42 Å². The molecule has 0 amide bonds. The maximum absolute atomic E-state index is 5.85. The van der Waals surface area contributed by atoms with E-state index in [-0.39, 0.29) is 5.25 Å². The molecule has 3 aromatic heterocycles. The number of benzene rings is 1. The van der Waals surface area contributed by atoms with E-state index in [0.29, 0.717) is 22.7 Å². The summed E-state index contributed by atoms with van der Waals surface area (Å²) in [4.78, 5) is 8.90. The molecule has 0 saturated carbocycles. The average Bonchev–Trinajstić information content (AvgIpc) is 3.21. The van der Waals surface area contributed by atoms with Crippen molar-refractivity contribution in [3.05, 3.63) is 53.2 Å². The summed E-state index contributed by atoms with van der Waals surface area (Å²) >= 11 is 1.47. The standard InChI is InChI=1S/C18H18N6OS/c1-10-6-5-7-14(8-10)16-22-21-15(25-16)13(4)26-18-20-17-19-11(2)9-12(3)24(17)23-18/h5-9,13H,1-4H3/t13-/m1/s1. The van der Waals surface area contributed by atoms with Gasteiger partial charge in [0.15, 0.2) is 0 Å². The smallest absolute Gasteiger partial charge is 0.253 e. The summed E-state index contributed by atoms with van der Waals surface area (Å²) in [6, 6.07) is 9.97. The summed E-state index contributed by atoms with van der Waals surface area (Å²) in [5.41, 5.74) is 3.99. The topological polar surface area (TPSA) is 82.0 Å². The van der Waals surface area contributed by atoms with E-state index in [4.69, 9.17) is 4.42 Å². The highest BCUT2D eigenvalue weighted by molar-refractivity contribution is 7.99. The van der Waals surface area contributed by atoms with Crippen molar-refractivity contribution in [2.45, 2.75) is 38.1 Å². The fourth-order valence-electron chi connectivity index (χ4n) is 2.70. The summed E-state index contributed by atoms with van der Waals surface area (Å²) in [6.45, 7) is 7.96. The zero-order chi connectivity index (χ0) is 18.3. The first-order valence-corrected chi connectivity index (χ1v) is 9.15. The second-order valence-corrected chi connectivity index (χ2v) is 7.53. The van der Waals surface area contributed by atoms with Crippen LogP contribution in [0.15, 0.2) is 39.9 Å². The van der Waals surface area contributed by atoms with Crippen LogP contribution in [0.5, 0.6) is 0 Å². The predicted octanol–water partition coefficient (Wildman–Crippen LogP) is 3.95. The molecule has 132 valence electrons. The molecule has 4 rings (SSSR count). The Labute approximate surface area is 154 Å². The molecule has 4 aromatic rings. The Balaban J connectivity index is 1.57. The van der Waals surface area contributed by atoms with Gasteiger partial charge in [-0.1, -0.05) is 29.5 Å². The second-order valence-electron chi connectivity index (χ2n) is 6.22. The maximum Gasteiger partial charge on any atom is 0.253 e. The third kappa shape index (κ3) is 3.20. The summed E-state index contributed by atoms with van der Waals surface area (Å²) < 4.78 is 7.60. The van der Waals surface area contributed by atoms with E-state index in [9.17, 15) is 0 Å². The minimum absolute atomic E-state index is 0.0696. The van der Waals surface area contributed by atoms with E-state index >= 15 is 0 Å². The summed E-state index contributed by atoms with van der Waals surface area (Å²) in [7, 11) is 0. The van der Waals surface area contributed by atoms with Crippen molar-refractivity contribution in [2.24, 2.45) is 0 Å². The van der Waals surface area contributed by atoms with E-state index in [1.165, 1.54) is 11.8 Å². The third-order valence-corrected chi connectivity index (χ3v) is 4.87. The first kappa shape index (κ1) is 16.7. The lowest BCUT2D eigenvalue weighted by Crippen LogP contribution is -1.97. The molecular formula is C18H18N6OS. The first-order valence-electron chi connectivity index (χ1n) is 8.28. The van der Waals surface area contributed by atoms with Gasteiger partial charge in [0.05, 0.1) is 5.25 Å². The van der Waals surface area contributed by atoms with Gasteiger partial charge >= 0.3 is 0 Å². The number of thioether (sulfide) groups is 1. The minimum atomic E-state index is -0.0696. The van der Waals surface area contributed by atoms with Crippen molar-refractivity contribution in [3.63, 3.8) is 0 Å². The van der Waals surface area contributed by atoms with E-state index in [2.05, 4.69) is 25.3 Å². The molecule has 0 saturated heterocycles. The highest BCUT2D eigenvalue weighted by Gasteiger charge is 2.19. The van der Waals surface area contributed by atoms with Crippen LogP contribution in [0.2, 0.25) is 0 Å². The molecule has 8 heteroatoms. The van der Waals surface area contributed by atoms with Gasteiger partial charge < -0.3 is 4.42 Å². The number of hydrogen-bond acceptors (Lipinski definition) is 7. The Morgan fingerprint density at radius 3 is 2.73 bits per heavy atom. The molecule has 0 radical (unpaired) electrons. The van der Waals surface area contributed by atoms with Crippen LogP contribution in [0.25, 0.3) is 17.2 Å². The lowest BCUT2D eigenvalue weighted by atomic mass is 10.1. The van der Waals surface area contributed by atoms with E-state index in [1.54, 1.807) is 4.52 Å². The third-order valence-electron chi connectivity index (χ3n) is 3.93. The van der Waals surface area contributed by atoms with Crippen molar-refractivity contribution in [1.29, 1.82) is 0 Å². The molecule has 0 N–H and O–H groups in total. The number of nitrogens with zero attached hydrogens (tertiary/aromatic N) is 6. The van der Waals surface area contributed by atoms with Gasteiger partial charge in [0, 0.05) is 17.0 Å². The molecule has 0 unspecified atom stereocenters. The predicted molar refractivity (Wildman–Crippen MR) is 99.0 cm³/mol.